The van der Waals surface area contributed by atoms with E-state index in [0.29, 0.717) is 17.1 Å². The topological polar surface area (TPSA) is 38.7 Å². The van der Waals surface area contributed by atoms with E-state index in [1.54, 1.807) is 0 Å². The van der Waals surface area contributed by atoms with Crippen LogP contribution in [0.3, 0.4) is 0 Å². The average molecular weight is 570 g/mol. The van der Waals surface area contributed by atoms with E-state index in [1.165, 1.54) is 54.9 Å². The molecule has 0 spiro atoms. The molecule has 214 valence electrons. The largest absolute Gasteiger partial charge is 0.208 e. The molecule has 3 nitrogen and oxygen atoms in total. The van der Waals surface area contributed by atoms with E-state index < -0.39 is 0 Å². The molecule has 0 N–H and O–H groups in total. The molecule has 0 atom stereocenters. The summed E-state index contributed by atoms with van der Waals surface area (Å²) in [6.45, 7) is 0. The molecule has 0 unspecified atom stereocenters. The highest BCUT2D eigenvalue weighted by molar-refractivity contribution is 5.90. The molecule has 0 amide bonds. The van der Waals surface area contributed by atoms with Gasteiger partial charge in [-0.3, -0.25) is 0 Å². The monoisotopic (exact) mass is 569 g/mol. The molecule has 10 rings (SSSR count). The molecule has 1 aromatic heterocycles. The van der Waals surface area contributed by atoms with E-state index >= 15 is 0 Å². The van der Waals surface area contributed by atoms with E-state index in [-0.39, 0.29) is 0 Å². The molecule has 44 heavy (non-hydrogen) atoms. The Balaban J connectivity index is 1.14. The van der Waals surface area contributed by atoms with Crippen molar-refractivity contribution in [1.82, 2.24) is 15.0 Å². The van der Waals surface area contributed by atoms with E-state index in [4.69, 9.17) is 15.0 Å². The number of benzene rings is 5. The normalized spacial score (nSPS) is 23.7. The number of rotatable bonds is 5. The maximum Gasteiger partial charge on any atom is 0.164 e. The number of hydrogen-bond acceptors (Lipinski definition) is 3. The summed E-state index contributed by atoms with van der Waals surface area (Å²) in [6.07, 6.45) is 8.52. The molecular weight excluding hydrogens is 534 g/mol. The lowest BCUT2D eigenvalue weighted by molar-refractivity contribution is -0.00518. The Morgan fingerprint density at radius 2 is 0.955 bits per heavy atom. The highest BCUT2D eigenvalue weighted by Gasteiger charge is 2.51. The third kappa shape index (κ3) is 4.45. The van der Waals surface area contributed by atoms with Crippen LogP contribution in [0.25, 0.3) is 56.1 Å². The van der Waals surface area contributed by atoms with E-state index in [1.807, 2.05) is 18.2 Å². The summed E-state index contributed by atoms with van der Waals surface area (Å²) in [5, 5.41) is 2.46. The second-order valence-electron chi connectivity index (χ2n) is 13.6. The summed E-state index contributed by atoms with van der Waals surface area (Å²) in [4.78, 5) is 15.3. The highest BCUT2D eigenvalue weighted by atomic mass is 15.0. The zero-order valence-electron chi connectivity index (χ0n) is 24.9. The smallest absolute Gasteiger partial charge is 0.164 e. The number of aromatic nitrogens is 3. The van der Waals surface area contributed by atoms with Crippen molar-refractivity contribution in [2.24, 2.45) is 17.8 Å². The predicted octanol–water partition coefficient (Wildman–Crippen LogP) is 10.2. The molecular formula is C41H35N3. The Hall–Kier alpha value is -4.63. The van der Waals surface area contributed by atoms with Crippen LogP contribution in [-0.4, -0.2) is 15.0 Å². The van der Waals surface area contributed by atoms with Gasteiger partial charge in [-0.05, 0) is 95.2 Å². The number of fused-ring (bicyclic) bond motifs is 1. The van der Waals surface area contributed by atoms with Crippen LogP contribution in [0.2, 0.25) is 0 Å². The molecule has 4 aliphatic carbocycles. The fourth-order valence-corrected chi connectivity index (χ4v) is 9.07. The summed E-state index contributed by atoms with van der Waals surface area (Å²) in [5.41, 5.74) is 7.22. The fraction of sp³-hybridized carbons (Fsp3) is 0.244. The molecule has 4 aliphatic rings. The second-order valence-corrected chi connectivity index (χ2v) is 13.6. The summed E-state index contributed by atoms with van der Waals surface area (Å²) in [6, 6.07) is 43.2. The van der Waals surface area contributed by atoms with Gasteiger partial charge in [-0.25, -0.2) is 15.0 Å². The van der Waals surface area contributed by atoms with Gasteiger partial charge in [-0.15, -0.1) is 0 Å². The zero-order valence-corrected chi connectivity index (χ0v) is 24.9. The van der Waals surface area contributed by atoms with Crippen LogP contribution in [0.1, 0.15) is 44.1 Å². The molecule has 4 fully saturated rings. The molecule has 4 saturated carbocycles. The van der Waals surface area contributed by atoms with Gasteiger partial charge in [0.05, 0.1) is 0 Å². The Kier molecular flexibility index (Phi) is 6.01. The van der Waals surface area contributed by atoms with Crippen LogP contribution in [0.15, 0.2) is 121 Å². The standard InChI is InChI=1S/C41H35N3/c1-2-9-31(10-3-1)38-42-39(32-16-18-35(19-17-32)41-24-27-20-28(25-41)22-29(21-27)26-41)44-40(43-38)37-13-7-6-12-36(37)34-15-14-30-8-4-5-11-33(30)23-34/h1-19,23,27-29H,20-22,24-26H2. The highest BCUT2D eigenvalue weighted by Crippen LogP contribution is 2.60. The van der Waals surface area contributed by atoms with Crippen molar-refractivity contribution < 1.29 is 0 Å². The van der Waals surface area contributed by atoms with Gasteiger partial charge in [-0.1, -0.05) is 115 Å². The van der Waals surface area contributed by atoms with E-state index in [9.17, 15) is 0 Å². The average Bonchev–Trinajstić information content (AvgIpc) is 3.08. The molecule has 6 aromatic rings. The molecule has 0 saturated heterocycles. The zero-order chi connectivity index (χ0) is 29.1. The third-order valence-corrected chi connectivity index (χ3v) is 10.7. The van der Waals surface area contributed by atoms with Crippen LogP contribution >= 0.6 is 0 Å². The van der Waals surface area contributed by atoms with Crippen molar-refractivity contribution >= 4 is 10.8 Å². The van der Waals surface area contributed by atoms with Crippen molar-refractivity contribution in [1.29, 1.82) is 0 Å². The predicted molar refractivity (Wildman–Crippen MR) is 179 cm³/mol. The van der Waals surface area contributed by atoms with Gasteiger partial charge < -0.3 is 0 Å². The van der Waals surface area contributed by atoms with Crippen LogP contribution in [0, 0.1) is 17.8 Å². The van der Waals surface area contributed by atoms with Crippen molar-refractivity contribution in [3.63, 3.8) is 0 Å². The maximum absolute atomic E-state index is 5.15. The number of hydrogen-bond donors (Lipinski definition) is 0. The first kappa shape index (κ1) is 25.8. The first-order valence-corrected chi connectivity index (χ1v) is 16.2. The van der Waals surface area contributed by atoms with Gasteiger partial charge >= 0.3 is 0 Å². The lowest BCUT2D eigenvalue weighted by Gasteiger charge is -2.57. The minimum absolute atomic E-state index is 0.380. The quantitative estimate of drug-likeness (QED) is 0.207. The van der Waals surface area contributed by atoms with Crippen molar-refractivity contribution in [2.75, 3.05) is 0 Å². The first-order valence-electron chi connectivity index (χ1n) is 16.2. The Morgan fingerprint density at radius 1 is 0.432 bits per heavy atom. The van der Waals surface area contributed by atoms with E-state index in [0.717, 1.165) is 51.4 Å². The van der Waals surface area contributed by atoms with Gasteiger partial charge in [-0.2, -0.15) is 0 Å². The fourth-order valence-electron chi connectivity index (χ4n) is 9.07. The van der Waals surface area contributed by atoms with Crippen LogP contribution < -0.4 is 0 Å². The SMILES string of the molecule is c1ccc(-c2nc(-c3ccc(C45CC6CC(CC(C6)C4)C5)cc3)nc(-c3ccccc3-c3ccc4ccccc4c3)n2)cc1. The molecule has 5 aromatic carbocycles. The Labute approximate surface area is 259 Å². The summed E-state index contributed by atoms with van der Waals surface area (Å²) in [5.74, 6) is 4.92. The minimum atomic E-state index is 0.380. The summed E-state index contributed by atoms with van der Waals surface area (Å²) < 4.78 is 0. The lowest BCUT2D eigenvalue weighted by Crippen LogP contribution is -2.48. The second kappa shape index (κ2) is 10.2. The molecule has 3 heteroatoms. The van der Waals surface area contributed by atoms with E-state index in [2.05, 4.69) is 103 Å². The lowest BCUT2D eigenvalue weighted by atomic mass is 9.48. The molecule has 0 aliphatic heterocycles. The van der Waals surface area contributed by atoms with Crippen molar-refractivity contribution in [2.45, 2.75) is 43.9 Å². The molecule has 1 heterocycles. The minimum Gasteiger partial charge on any atom is -0.208 e. The van der Waals surface area contributed by atoms with Crippen molar-refractivity contribution in [3.8, 4) is 45.3 Å². The van der Waals surface area contributed by atoms with Gasteiger partial charge in [0.2, 0.25) is 0 Å². The summed E-state index contributed by atoms with van der Waals surface area (Å²) in [7, 11) is 0. The van der Waals surface area contributed by atoms with Gasteiger partial charge in [0.1, 0.15) is 0 Å². The molecule has 4 bridgehead atoms. The third-order valence-electron chi connectivity index (χ3n) is 10.7. The Morgan fingerprint density at radius 3 is 1.64 bits per heavy atom. The number of nitrogens with zero attached hydrogens (tertiary/aromatic N) is 3. The maximum atomic E-state index is 5.15. The van der Waals surface area contributed by atoms with Crippen molar-refractivity contribution in [3.05, 3.63) is 127 Å². The van der Waals surface area contributed by atoms with Gasteiger partial charge in [0, 0.05) is 16.7 Å². The van der Waals surface area contributed by atoms with Gasteiger partial charge in [0.25, 0.3) is 0 Å². The Bertz CT molecular complexity index is 1960. The van der Waals surface area contributed by atoms with Gasteiger partial charge in [0.15, 0.2) is 17.5 Å². The van der Waals surface area contributed by atoms with Crippen LogP contribution in [0.5, 0.6) is 0 Å². The first-order chi connectivity index (χ1) is 21.7. The molecule has 0 radical (unpaired) electrons. The summed E-state index contributed by atoms with van der Waals surface area (Å²) >= 11 is 0. The van der Waals surface area contributed by atoms with Crippen LogP contribution in [0.4, 0.5) is 0 Å². The van der Waals surface area contributed by atoms with Crippen LogP contribution in [-0.2, 0) is 5.41 Å².